The molecule has 1 heterocycles. The van der Waals surface area contributed by atoms with Crippen LogP contribution in [0.25, 0.3) is 0 Å². The minimum Gasteiger partial charge on any atom is -0.337 e. The molecule has 1 aliphatic heterocycles. The van der Waals surface area contributed by atoms with Gasteiger partial charge in [-0.1, -0.05) is 54.6 Å². The molecule has 0 radical (unpaired) electrons. The molecule has 5 heteroatoms. The summed E-state index contributed by atoms with van der Waals surface area (Å²) in [6.45, 7) is 1.82. The number of nitrogens with zero attached hydrogens (tertiary/aromatic N) is 1. The predicted molar refractivity (Wildman–Crippen MR) is 97.1 cm³/mol. The zero-order valence-electron chi connectivity index (χ0n) is 13.6. The predicted octanol–water partition coefficient (Wildman–Crippen LogP) is 2.70. The number of benzene rings is 2. The molecule has 2 aromatic rings. The largest absolute Gasteiger partial charge is 0.337 e. The van der Waals surface area contributed by atoms with E-state index in [9.17, 15) is 9.00 Å². The number of carbonyl (C=O) groups is 1. The van der Waals surface area contributed by atoms with Crippen LogP contribution in [0.2, 0.25) is 0 Å². The van der Waals surface area contributed by atoms with Crippen molar-refractivity contribution in [2.24, 2.45) is 0 Å². The highest BCUT2D eigenvalue weighted by Gasteiger charge is 2.19. The molecule has 0 bridgehead atoms. The van der Waals surface area contributed by atoms with Crippen molar-refractivity contribution in [2.45, 2.75) is 18.7 Å². The molecule has 126 valence electrons. The first kappa shape index (κ1) is 16.7. The molecule has 24 heavy (non-hydrogen) atoms. The Kier molecular flexibility index (Phi) is 5.64. The van der Waals surface area contributed by atoms with Gasteiger partial charge in [0, 0.05) is 41.9 Å². The third-order valence-electron chi connectivity index (χ3n) is 4.19. The van der Waals surface area contributed by atoms with Gasteiger partial charge < -0.3 is 10.2 Å². The Hall–Kier alpha value is -2.14. The SMILES string of the molecule is O=C(NCC[S@@](=O)Cc1ccccc1)N1CCc2ccccc2C1. The summed E-state index contributed by atoms with van der Waals surface area (Å²) in [4.78, 5) is 14.1. The molecule has 0 saturated carbocycles. The molecule has 2 aromatic carbocycles. The highest BCUT2D eigenvalue weighted by atomic mass is 32.2. The molecule has 0 aliphatic carbocycles. The van der Waals surface area contributed by atoms with Crippen LogP contribution in [0.4, 0.5) is 4.79 Å². The van der Waals surface area contributed by atoms with E-state index >= 15 is 0 Å². The molecule has 2 amide bonds. The highest BCUT2D eigenvalue weighted by Crippen LogP contribution is 2.18. The Bertz CT molecular complexity index is 718. The van der Waals surface area contributed by atoms with Gasteiger partial charge in [0.2, 0.25) is 0 Å². The topological polar surface area (TPSA) is 49.4 Å². The van der Waals surface area contributed by atoms with Gasteiger partial charge in [0.15, 0.2) is 0 Å². The van der Waals surface area contributed by atoms with Crippen LogP contribution in [0, 0.1) is 0 Å². The average molecular weight is 342 g/mol. The van der Waals surface area contributed by atoms with E-state index in [2.05, 4.69) is 17.4 Å². The maximum Gasteiger partial charge on any atom is 0.317 e. The summed E-state index contributed by atoms with van der Waals surface area (Å²) >= 11 is 0. The van der Waals surface area contributed by atoms with E-state index in [-0.39, 0.29) is 6.03 Å². The summed E-state index contributed by atoms with van der Waals surface area (Å²) < 4.78 is 12.1. The molecule has 1 aliphatic rings. The minimum atomic E-state index is -0.962. The molecule has 0 aromatic heterocycles. The lowest BCUT2D eigenvalue weighted by Gasteiger charge is -2.28. The summed E-state index contributed by atoms with van der Waals surface area (Å²) in [6.07, 6.45) is 0.892. The van der Waals surface area contributed by atoms with E-state index in [0.29, 0.717) is 24.6 Å². The molecule has 4 nitrogen and oxygen atoms in total. The second-order valence-corrected chi connectivity index (χ2v) is 7.52. The maximum atomic E-state index is 12.3. The van der Waals surface area contributed by atoms with Gasteiger partial charge in [0.1, 0.15) is 0 Å². The van der Waals surface area contributed by atoms with Gasteiger partial charge in [0.05, 0.1) is 0 Å². The quantitative estimate of drug-likeness (QED) is 0.908. The van der Waals surface area contributed by atoms with Crippen molar-refractivity contribution in [1.82, 2.24) is 10.2 Å². The third kappa shape index (κ3) is 4.45. The van der Waals surface area contributed by atoms with Gasteiger partial charge in [-0.15, -0.1) is 0 Å². The van der Waals surface area contributed by atoms with E-state index in [0.717, 1.165) is 18.5 Å². The Balaban J connectivity index is 1.42. The average Bonchev–Trinajstić information content (AvgIpc) is 2.62. The Morgan fingerprint density at radius 3 is 2.54 bits per heavy atom. The highest BCUT2D eigenvalue weighted by molar-refractivity contribution is 7.84. The van der Waals surface area contributed by atoms with Crippen LogP contribution < -0.4 is 5.32 Å². The zero-order valence-corrected chi connectivity index (χ0v) is 14.4. The van der Waals surface area contributed by atoms with Crippen LogP contribution in [0.3, 0.4) is 0 Å². The number of hydrogen-bond acceptors (Lipinski definition) is 2. The van der Waals surface area contributed by atoms with Gasteiger partial charge in [-0.3, -0.25) is 4.21 Å². The number of fused-ring (bicyclic) bond motifs is 1. The van der Waals surface area contributed by atoms with Crippen LogP contribution in [-0.2, 0) is 29.5 Å². The van der Waals surface area contributed by atoms with Crippen molar-refractivity contribution in [2.75, 3.05) is 18.8 Å². The van der Waals surface area contributed by atoms with Crippen molar-refractivity contribution in [1.29, 1.82) is 0 Å². The first-order chi connectivity index (χ1) is 11.7. The second-order valence-electron chi connectivity index (χ2n) is 5.95. The fourth-order valence-corrected chi connectivity index (χ4v) is 3.92. The first-order valence-corrected chi connectivity index (χ1v) is 9.69. The molecular weight excluding hydrogens is 320 g/mol. The van der Waals surface area contributed by atoms with E-state index < -0.39 is 10.8 Å². The summed E-state index contributed by atoms with van der Waals surface area (Å²) in [6, 6.07) is 18.0. The Morgan fingerprint density at radius 2 is 1.75 bits per heavy atom. The standard InChI is InChI=1S/C19H22N2O2S/c22-19(21-12-10-17-8-4-5-9-18(17)14-21)20-11-13-24(23)15-16-6-2-1-3-7-16/h1-9H,10-15H2,(H,20,22)/t24-/m1/s1. The van der Waals surface area contributed by atoms with Crippen LogP contribution in [0.1, 0.15) is 16.7 Å². The molecule has 0 unspecified atom stereocenters. The fraction of sp³-hybridized carbons (Fsp3) is 0.316. The summed E-state index contributed by atoms with van der Waals surface area (Å²) in [5.41, 5.74) is 3.60. The van der Waals surface area contributed by atoms with Crippen molar-refractivity contribution in [3.8, 4) is 0 Å². The van der Waals surface area contributed by atoms with E-state index in [1.165, 1.54) is 11.1 Å². The minimum absolute atomic E-state index is 0.0683. The van der Waals surface area contributed by atoms with E-state index in [1.807, 2.05) is 47.4 Å². The van der Waals surface area contributed by atoms with Crippen LogP contribution in [-0.4, -0.2) is 34.0 Å². The lowest BCUT2D eigenvalue weighted by Crippen LogP contribution is -2.43. The molecular formula is C19H22N2O2S. The van der Waals surface area contributed by atoms with Gasteiger partial charge in [-0.2, -0.15) is 0 Å². The summed E-state index contributed by atoms with van der Waals surface area (Å²) in [5, 5.41) is 2.89. The van der Waals surface area contributed by atoms with Gasteiger partial charge in [0.25, 0.3) is 0 Å². The number of nitrogens with one attached hydrogen (secondary N) is 1. The van der Waals surface area contributed by atoms with Crippen LogP contribution in [0.5, 0.6) is 0 Å². The normalized spacial score (nSPS) is 14.8. The Morgan fingerprint density at radius 1 is 1.04 bits per heavy atom. The summed E-state index contributed by atoms with van der Waals surface area (Å²) in [7, 11) is -0.962. The fourth-order valence-electron chi connectivity index (χ4n) is 2.88. The van der Waals surface area contributed by atoms with Crippen molar-refractivity contribution in [3.05, 3.63) is 71.3 Å². The van der Waals surface area contributed by atoms with Gasteiger partial charge >= 0.3 is 6.03 Å². The molecule has 1 atom stereocenters. The number of rotatable bonds is 5. The Labute approximate surface area is 145 Å². The lowest BCUT2D eigenvalue weighted by molar-refractivity contribution is 0.193. The summed E-state index contributed by atoms with van der Waals surface area (Å²) in [5.74, 6) is 1.01. The first-order valence-electron chi connectivity index (χ1n) is 8.21. The number of amides is 2. The van der Waals surface area contributed by atoms with Crippen LogP contribution >= 0.6 is 0 Å². The third-order valence-corrected chi connectivity index (χ3v) is 5.51. The molecule has 0 spiro atoms. The van der Waals surface area contributed by atoms with Gasteiger partial charge in [-0.25, -0.2) is 4.79 Å². The van der Waals surface area contributed by atoms with Crippen molar-refractivity contribution >= 4 is 16.8 Å². The second kappa shape index (κ2) is 8.11. The molecule has 0 saturated heterocycles. The van der Waals surface area contributed by atoms with Crippen molar-refractivity contribution in [3.63, 3.8) is 0 Å². The van der Waals surface area contributed by atoms with E-state index in [1.54, 1.807) is 0 Å². The number of hydrogen-bond donors (Lipinski definition) is 1. The number of carbonyl (C=O) groups excluding carboxylic acids is 1. The molecule has 3 rings (SSSR count). The smallest absolute Gasteiger partial charge is 0.317 e. The van der Waals surface area contributed by atoms with Crippen molar-refractivity contribution < 1.29 is 9.00 Å². The molecule has 0 fully saturated rings. The zero-order chi connectivity index (χ0) is 16.8. The molecule has 1 N–H and O–H groups in total. The maximum absolute atomic E-state index is 12.3. The number of urea groups is 1. The van der Waals surface area contributed by atoms with Gasteiger partial charge in [-0.05, 0) is 23.1 Å². The monoisotopic (exact) mass is 342 g/mol. The van der Waals surface area contributed by atoms with E-state index in [4.69, 9.17) is 0 Å². The van der Waals surface area contributed by atoms with Crippen LogP contribution in [0.15, 0.2) is 54.6 Å². The lowest BCUT2D eigenvalue weighted by atomic mass is 10.0.